The topological polar surface area (TPSA) is 71.9 Å². The van der Waals surface area contributed by atoms with Crippen LogP contribution in [0.3, 0.4) is 0 Å². The molecule has 6 heteroatoms. The molecule has 3 rings (SSSR count). The Kier molecular flexibility index (Phi) is 5.30. The minimum absolute atomic E-state index is 0.00525. The van der Waals surface area contributed by atoms with Crippen molar-refractivity contribution in [2.75, 3.05) is 12.4 Å². The molecule has 1 unspecified atom stereocenters. The van der Waals surface area contributed by atoms with Crippen LogP contribution in [0.1, 0.15) is 33.6 Å². The number of benzene rings is 1. The van der Waals surface area contributed by atoms with Gasteiger partial charge in [0.05, 0.1) is 24.0 Å². The summed E-state index contributed by atoms with van der Waals surface area (Å²) in [7, 11) is 1.67. The number of aryl methyl sites for hydroxylation is 1. The fourth-order valence-corrected chi connectivity index (χ4v) is 3.26. The summed E-state index contributed by atoms with van der Waals surface area (Å²) < 4.78 is 7.55. The van der Waals surface area contributed by atoms with Crippen LogP contribution in [0.5, 0.6) is 5.75 Å². The van der Waals surface area contributed by atoms with Gasteiger partial charge in [-0.1, -0.05) is 20.3 Å². The van der Waals surface area contributed by atoms with Crippen LogP contribution in [-0.4, -0.2) is 27.8 Å². The summed E-state index contributed by atoms with van der Waals surface area (Å²) in [6, 6.07) is 10.0. The smallest absolute Gasteiger partial charge is 0.228 e. The number of ether oxygens (including phenoxy) is 1. The molecular weight excluding hydrogens is 328 g/mol. The number of carbonyl (C=O) groups is 1. The van der Waals surface area contributed by atoms with Crippen molar-refractivity contribution in [3.05, 3.63) is 30.3 Å². The molecule has 3 aromatic rings. The number of hydrogen-bond donors (Lipinski definition) is 2. The predicted octanol–water partition coefficient (Wildman–Crippen LogP) is 4.43. The number of aromatic amines is 1. The van der Waals surface area contributed by atoms with E-state index in [0.717, 1.165) is 47.4 Å². The van der Waals surface area contributed by atoms with E-state index in [0.29, 0.717) is 5.82 Å². The van der Waals surface area contributed by atoms with Crippen LogP contribution in [0.15, 0.2) is 30.3 Å². The Labute approximate surface area is 153 Å². The first-order valence-corrected chi connectivity index (χ1v) is 9.11. The Balaban J connectivity index is 1.90. The van der Waals surface area contributed by atoms with Gasteiger partial charge < -0.3 is 14.6 Å². The zero-order valence-electron chi connectivity index (χ0n) is 15.8. The average molecular weight is 354 g/mol. The monoisotopic (exact) mass is 354 g/mol. The molecule has 0 aliphatic rings. The zero-order chi connectivity index (χ0) is 18.7. The molecule has 0 radical (unpaired) electrons. The number of aromatic nitrogens is 3. The number of fused-ring (bicyclic) bond motifs is 1. The number of nitrogens with one attached hydrogen (secondary N) is 2. The van der Waals surface area contributed by atoms with E-state index in [-0.39, 0.29) is 11.8 Å². The maximum absolute atomic E-state index is 12.2. The van der Waals surface area contributed by atoms with Gasteiger partial charge >= 0.3 is 0 Å². The van der Waals surface area contributed by atoms with Gasteiger partial charge in [0.2, 0.25) is 5.91 Å². The second-order valence-electron chi connectivity index (χ2n) is 6.54. The van der Waals surface area contributed by atoms with Gasteiger partial charge in [-0.05, 0) is 31.5 Å². The highest BCUT2D eigenvalue weighted by atomic mass is 16.5. The number of methoxy groups -OCH3 is 1. The van der Waals surface area contributed by atoms with E-state index in [1.54, 1.807) is 7.11 Å². The Bertz CT molecular complexity index is 910. The fraction of sp³-hybridized carbons (Fsp3) is 0.400. The van der Waals surface area contributed by atoms with Gasteiger partial charge in [-0.15, -0.1) is 0 Å². The first kappa shape index (κ1) is 18.0. The van der Waals surface area contributed by atoms with E-state index in [4.69, 9.17) is 4.74 Å². The lowest BCUT2D eigenvalue weighted by atomic mass is 10.1. The lowest BCUT2D eigenvalue weighted by molar-refractivity contribution is -0.119. The maximum atomic E-state index is 12.2. The number of nitrogens with zero attached hydrogens (tertiary/aromatic N) is 2. The van der Waals surface area contributed by atoms with Crippen LogP contribution in [0.25, 0.3) is 22.3 Å². The molecule has 1 atom stereocenters. The summed E-state index contributed by atoms with van der Waals surface area (Å²) in [4.78, 5) is 12.2. The summed E-state index contributed by atoms with van der Waals surface area (Å²) in [5, 5.41) is 11.3. The lowest BCUT2D eigenvalue weighted by Gasteiger charge is -2.08. The molecule has 0 saturated carbocycles. The normalized spacial score (nSPS) is 12.3. The van der Waals surface area contributed by atoms with Gasteiger partial charge in [0.15, 0.2) is 5.82 Å². The van der Waals surface area contributed by atoms with Crippen molar-refractivity contribution in [1.82, 2.24) is 14.8 Å². The Morgan fingerprint density at radius 3 is 2.81 bits per heavy atom. The highest BCUT2D eigenvalue weighted by Crippen LogP contribution is 2.30. The first-order valence-electron chi connectivity index (χ1n) is 9.11. The number of anilines is 1. The number of H-pyrrole nitrogens is 1. The second kappa shape index (κ2) is 7.64. The minimum Gasteiger partial charge on any atom is -0.497 e. The van der Waals surface area contributed by atoms with Crippen LogP contribution >= 0.6 is 0 Å². The van der Waals surface area contributed by atoms with Crippen molar-refractivity contribution in [3.8, 4) is 17.1 Å². The Morgan fingerprint density at radius 1 is 1.31 bits per heavy atom. The van der Waals surface area contributed by atoms with Crippen molar-refractivity contribution in [2.24, 2.45) is 5.92 Å². The molecule has 0 aliphatic carbocycles. The maximum Gasteiger partial charge on any atom is 0.228 e. The summed E-state index contributed by atoms with van der Waals surface area (Å²) in [6.45, 7) is 6.94. The number of amides is 1. The van der Waals surface area contributed by atoms with E-state index < -0.39 is 0 Å². The zero-order valence-corrected chi connectivity index (χ0v) is 15.8. The highest BCUT2D eigenvalue weighted by molar-refractivity contribution is 5.92. The average Bonchev–Trinajstić information content (AvgIpc) is 3.24. The third-order valence-corrected chi connectivity index (χ3v) is 4.70. The van der Waals surface area contributed by atoms with E-state index >= 15 is 0 Å². The van der Waals surface area contributed by atoms with Crippen LogP contribution in [-0.2, 0) is 11.3 Å². The number of carbonyl (C=O) groups excluding carboxylic acids is 1. The van der Waals surface area contributed by atoms with Crippen LogP contribution in [0.4, 0.5) is 5.82 Å². The molecule has 1 amide bonds. The van der Waals surface area contributed by atoms with Crippen molar-refractivity contribution in [2.45, 2.75) is 40.2 Å². The Hall–Kier alpha value is -2.76. The molecule has 2 aromatic heterocycles. The summed E-state index contributed by atoms with van der Waals surface area (Å²) >= 11 is 0. The SMILES string of the molecule is CCCC(C)C(=O)Nc1cc(-c2cc3ccc(OC)cc3n2CC)[nH]n1. The molecule has 0 spiro atoms. The summed E-state index contributed by atoms with van der Waals surface area (Å²) in [5.41, 5.74) is 3.02. The van der Waals surface area contributed by atoms with Gasteiger partial charge in [0.25, 0.3) is 0 Å². The summed E-state index contributed by atoms with van der Waals surface area (Å²) in [6.07, 6.45) is 1.86. The van der Waals surface area contributed by atoms with Crippen LogP contribution in [0, 0.1) is 5.92 Å². The fourth-order valence-electron chi connectivity index (χ4n) is 3.26. The van der Waals surface area contributed by atoms with E-state index in [2.05, 4.69) is 46.1 Å². The highest BCUT2D eigenvalue weighted by Gasteiger charge is 2.16. The van der Waals surface area contributed by atoms with Gasteiger partial charge in [-0.3, -0.25) is 9.89 Å². The molecule has 2 N–H and O–H groups in total. The molecule has 0 fully saturated rings. The van der Waals surface area contributed by atoms with E-state index in [9.17, 15) is 4.79 Å². The third kappa shape index (κ3) is 3.45. The van der Waals surface area contributed by atoms with Crippen molar-refractivity contribution >= 4 is 22.6 Å². The van der Waals surface area contributed by atoms with Crippen molar-refractivity contribution in [1.29, 1.82) is 0 Å². The summed E-state index contributed by atoms with van der Waals surface area (Å²) in [5.74, 6) is 1.37. The largest absolute Gasteiger partial charge is 0.497 e. The Morgan fingerprint density at radius 2 is 2.12 bits per heavy atom. The third-order valence-electron chi connectivity index (χ3n) is 4.70. The number of rotatable bonds is 7. The predicted molar refractivity (Wildman–Crippen MR) is 104 cm³/mol. The second-order valence-corrected chi connectivity index (χ2v) is 6.54. The molecular formula is C20H26N4O2. The van der Waals surface area contributed by atoms with Crippen LogP contribution in [0.2, 0.25) is 0 Å². The van der Waals surface area contributed by atoms with E-state index in [1.165, 1.54) is 0 Å². The molecule has 2 heterocycles. The lowest BCUT2D eigenvalue weighted by Crippen LogP contribution is -2.20. The molecule has 138 valence electrons. The molecule has 0 saturated heterocycles. The number of hydrogen-bond acceptors (Lipinski definition) is 3. The molecule has 0 bridgehead atoms. The quantitative estimate of drug-likeness (QED) is 0.659. The van der Waals surface area contributed by atoms with Crippen molar-refractivity contribution < 1.29 is 9.53 Å². The molecule has 0 aliphatic heterocycles. The van der Waals surface area contributed by atoms with Gasteiger partial charge in [0.1, 0.15) is 5.75 Å². The van der Waals surface area contributed by atoms with E-state index in [1.807, 2.05) is 25.1 Å². The van der Waals surface area contributed by atoms with Crippen LogP contribution < -0.4 is 10.1 Å². The van der Waals surface area contributed by atoms with Crippen molar-refractivity contribution in [3.63, 3.8) is 0 Å². The first-order chi connectivity index (χ1) is 12.6. The van der Waals surface area contributed by atoms with Gasteiger partial charge in [-0.25, -0.2) is 0 Å². The minimum atomic E-state index is -0.0188. The van der Waals surface area contributed by atoms with Gasteiger partial charge in [-0.2, -0.15) is 5.10 Å². The molecule has 1 aromatic carbocycles. The molecule has 26 heavy (non-hydrogen) atoms. The standard InChI is InChI=1S/C20H26N4O2/c1-5-7-13(3)20(25)21-19-12-16(22-23-19)18-10-14-8-9-15(26-4)11-17(14)24(18)6-2/h8-13H,5-7H2,1-4H3,(H2,21,22,23,25). The van der Waals surface area contributed by atoms with Gasteiger partial charge in [0, 0.05) is 30.0 Å². The molecule has 6 nitrogen and oxygen atoms in total.